The van der Waals surface area contributed by atoms with E-state index in [0.29, 0.717) is 16.6 Å². The Hall–Kier alpha value is -2.13. The summed E-state index contributed by atoms with van der Waals surface area (Å²) in [7, 11) is 0. The standard InChI is InChI=1S/C20H19ClN2O/c21-16-10-11-18-17(12-16)19(15-8-2-1-3-9-15)22-20(24)23(18)13-14-6-4-5-7-14/h1-3,8-12,14H,4-7,13H2. The molecule has 0 aliphatic heterocycles. The number of halogens is 1. The number of aromatic nitrogens is 2. The van der Waals surface area contributed by atoms with Crippen LogP contribution in [0.2, 0.25) is 5.02 Å². The maximum Gasteiger partial charge on any atom is 0.348 e. The van der Waals surface area contributed by atoms with Crippen molar-refractivity contribution in [3.63, 3.8) is 0 Å². The third kappa shape index (κ3) is 2.84. The zero-order valence-corrected chi connectivity index (χ0v) is 14.2. The van der Waals surface area contributed by atoms with Crippen molar-refractivity contribution in [2.24, 2.45) is 5.92 Å². The molecule has 0 spiro atoms. The van der Waals surface area contributed by atoms with Crippen molar-refractivity contribution in [2.45, 2.75) is 32.2 Å². The smallest absolute Gasteiger partial charge is 0.292 e. The molecule has 1 aromatic heterocycles. The minimum Gasteiger partial charge on any atom is -0.292 e. The van der Waals surface area contributed by atoms with Crippen LogP contribution in [0, 0.1) is 5.92 Å². The zero-order valence-electron chi connectivity index (χ0n) is 13.4. The Kier molecular flexibility index (Phi) is 4.11. The predicted molar refractivity (Wildman–Crippen MR) is 98.4 cm³/mol. The van der Waals surface area contributed by atoms with Gasteiger partial charge in [0.05, 0.1) is 11.2 Å². The average Bonchev–Trinajstić information content (AvgIpc) is 3.11. The van der Waals surface area contributed by atoms with Gasteiger partial charge in [-0.25, -0.2) is 4.79 Å². The first kappa shape index (κ1) is 15.4. The van der Waals surface area contributed by atoms with Crippen molar-refractivity contribution in [2.75, 3.05) is 0 Å². The van der Waals surface area contributed by atoms with Crippen LogP contribution in [0.1, 0.15) is 25.7 Å². The predicted octanol–water partition coefficient (Wildman–Crippen LogP) is 4.91. The van der Waals surface area contributed by atoms with Gasteiger partial charge in [-0.2, -0.15) is 4.98 Å². The minimum absolute atomic E-state index is 0.171. The molecular formula is C20H19ClN2O. The highest BCUT2D eigenvalue weighted by Gasteiger charge is 2.19. The number of fused-ring (bicyclic) bond motifs is 1. The van der Waals surface area contributed by atoms with Crippen molar-refractivity contribution >= 4 is 22.5 Å². The number of rotatable bonds is 3. The summed E-state index contributed by atoms with van der Waals surface area (Å²) in [6, 6.07) is 15.5. The topological polar surface area (TPSA) is 34.9 Å². The molecule has 4 rings (SSSR count). The van der Waals surface area contributed by atoms with Crippen LogP contribution in [-0.2, 0) is 6.54 Å². The van der Waals surface area contributed by atoms with E-state index >= 15 is 0 Å². The summed E-state index contributed by atoms with van der Waals surface area (Å²) >= 11 is 6.23. The molecule has 122 valence electrons. The lowest BCUT2D eigenvalue weighted by Gasteiger charge is -2.16. The number of hydrogen-bond acceptors (Lipinski definition) is 2. The van der Waals surface area contributed by atoms with Gasteiger partial charge in [0.25, 0.3) is 0 Å². The van der Waals surface area contributed by atoms with Gasteiger partial charge in [-0.05, 0) is 37.0 Å². The molecule has 3 nitrogen and oxygen atoms in total. The average molecular weight is 339 g/mol. The second kappa shape index (κ2) is 6.40. The molecule has 1 saturated carbocycles. The van der Waals surface area contributed by atoms with Gasteiger partial charge in [0, 0.05) is 22.5 Å². The molecule has 0 radical (unpaired) electrons. The number of nitrogens with zero attached hydrogens (tertiary/aromatic N) is 2. The monoisotopic (exact) mass is 338 g/mol. The summed E-state index contributed by atoms with van der Waals surface area (Å²) in [4.78, 5) is 17.1. The molecule has 0 bridgehead atoms. The van der Waals surface area contributed by atoms with Crippen molar-refractivity contribution in [3.05, 3.63) is 64.0 Å². The third-order valence-electron chi connectivity index (χ3n) is 4.91. The molecule has 0 amide bonds. The van der Waals surface area contributed by atoms with Gasteiger partial charge in [-0.3, -0.25) is 4.57 Å². The van der Waals surface area contributed by atoms with Crippen LogP contribution in [0.3, 0.4) is 0 Å². The zero-order chi connectivity index (χ0) is 16.5. The summed E-state index contributed by atoms with van der Waals surface area (Å²) < 4.78 is 1.83. The van der Waals surface area contributed by atoms with E-state index in [2.05, 4.69) is 4.98 Å². The van der Waals surface area contributed by atoms with E-state index in [-0.39, 0.29) is 5.69 Å². The highest BCUT2D eigenvalue weighted by Crippen LogP contribution is 2.30. The van der Waals surface area contributed by atoms with Crippen LogP contribution in [0.4, 0.5) is 0 Å². The Balaban J connectivity index is 1.92. The highest BCUT2D eigenvalue weighted by molar-refractivity contribution is 6.31. The summed E-state index contributed by atoms with van der Waals surface area (Å²) in [6.45, 7) is 0.749. The molecule has 1 heterocycles. The Morgan fingerprint density at radius 3 is 2.58 bits per heavy atom. The van der Waals surface area contributed by atoms with E-state index in [9.17, 15) is 4.79 Å². The van der Waals surface area contributed by atoms with Gasteiger partial charge in [0.1, 0.15) is 0 Å². The Labute approximate surface area is 145 Å². The second-order valence-electron chi connectivity index (χ2n) is 6.53. The SMILES string of the molecule is O=c1nc(-c2ccccc2)c2cc(Cl)ccc2n1CC1CCCC1. The van der Waals surface area contributed by atoms with Gasteiger partial charge in [0.2, 0.25) is 0 Å². The molecule has 0 N–H and O–H groups in total. The van der Waals surface area contributed by atoms with Gasteiger partial charge in [0.15, 0.2) is 0 Å². The maximum atomic E-state index is 12.7. The molecule has 4 heteroatoms. The molecule has 0 saturated heterocycles. The maximum absolute atomic E-state index is 12.7. The minimum atomic E-state index is -0.171. The molecular weight excluding hydrogens is 320 g/mol. The van der Waals surface area contributed by atoms with Gasteiger partial charge in [-0.15, -0.1) is 0 Å². The lowest BCUT2D eigenvalue weighted by molar-refractivity contribution is 0.454. The lowest BCUT2D eigenvalue weighted by Crippen LogP contribution is -2.26. The molecule has 24 heavy (non-hydrogen) atoms. The first-order valence-corrected chi connectivity index (χ1v) is 8.86. The Morgan fingerprint density at radius 1 is 1.08 bits per heavy atom. The molecule has 3 aromatic rings. The van der Waals surface area contributed by atoms with E-state index < -0.39 is 0 Å². The van der Waals surface area contributed by atoms with Crippen LogP contribution >= 0.6 is 11.6 Å². The number of benzene rings is 2. The highest BCUT2D eigenvalue weighted by atomic mass is 35.5. The second-order valence-corrected chi connectivity index (χ2v) is 6.97. The third-order valence-corrected chi connectivity index (χ3v) is 5.14. The van der Waals surface area contributed by atoms with E-state index in [1.807, 2.05) is 53.1 Å². The van der Waals surface area contributed by atoms with Crippen LogP contribution in [-0.4, -0.2) is 9.55 Å². The van der Waals surface area contributed by atoms with Crippen LogP contribution < -0.4 is 5.69 Å². The lowest BCUT2D eigenvalue weighted by atomic mass is 10.1. The van der Waals surface area contributed by atoms with E-state index in [1.54, 1.807) is 0 Å². The van der Waals surface area contributed by atoms with E-state index in [4.69, 9.17) is 11.6 Å². The Morgan fingerprint density at radius 2 is 1.83 bits per heavy atom. The van der Waals surface area contributed by atoms with Crippen molar-refractivity contribution in [3.8, 4) is 11.3 Å². The normalized spacial score (nSPS) is 15.2. The van der Waals surface area contributed by atoms with Crippen LogP contribution in [0.15, 0.2) is 53.3 Å². The number of hydrogen-bond donors (Lipinski definition) is 0. The van der Waals surface area contributed by atoms with Gasteiger partial charge < -0.3 is 0 Å². The fourth-order valence-corrected chi connectivity index (χ4v) is 3.87. The fourth-order valence-electron chi connectivity index (χ4n) is 3.70. The van der Waals surface area contributed by atoms with Crippen molar-refractivity contribution in [1.82, 2.24) is 9.55 Å². The summed E-state index contributed by atoms with van der Waals surface area (Å²) in [5, 5.41) is 1.60. The van der Waals surface area contributed by atoms with Crippen molar-refractivity contribution in [1.29, 1.82) is 0 Å². The summed E-state index contributed by atoms with van der Waals surface area (Å²) in [5.74, 6) is 0.575. The fraction of sp³-hybridized carbons (Fsp3) is 0.300. The largest absolute Gasteiger partial charge is 0.348 e. The molecule has 2 aromatic carbocycles. The molecule has 0 unspecified atom stereocenters. The Bertz CT molecular complexity index is 928. The van der Waals surface area contributed by atoms with Crippen molar-refractivity contribution < 1.29 is 0 Å². The summed E-state index contributed by atoms with van der Waals surface area (Å²) in [6.07, 6.45) is 4.92. The quantitative estimate of drug-likeness (QED) is 0.680. The first-order valence-electron chi connectivity index (χ1n) is 8.48. The molecule has 1 fully saturated rings. The summed E-state index contributed by atoms with van der Waals surface area (Å²) in [5.41, 5.74) is 2.40. The molecule has 1 aliphatic rings. The van der Waals surface area contributed by atoms with E-state index in [0.717, 1.165) is 23.0 Å². The van der Waals surface area contributed by atoms with Crippen LogP contribution in [0.5, 0.6) is 0 Å². The molecule has 0 atom stereocenters. The molecule has 1 aliphatic carbocycles. The van der Waals surface area contributed by atoms with E-state index in [1.165, 1.54) is 25.7 Å². The van der Waals surface area contributed by atoms with Crippen LogP contribution in [0.25, 0.3) is 22.2 Å². The first-order chi connectivity index (χ1) is 11.7. The van der Waals surface area contributed by atoms with Gasteiger partial charge >= 0.3 is 5.69 Å². The van der Waals surface area contributed by atoms with Gasteiger partial charge in [-0.1, -0.05) is 54.8 Å².